The lowest BCUT2D eigenvalue weighted by atomic mass is 10.1. The first-order valence-electron chi connectivity index (χ1n) is 11.0. The van der Waals surface area contributed by atoms with Crippen LogP contribution in [-0.2, 0) is 24.3 Å². The number of aryl methyl sites for hydroxylation is 1. The van der Waals surface area contributed by atoms with Gasteiger partial charge in [-0.05, 0) is 31.2 Å². The standard InChI is InChI=1S/C24H29N5O3S/c1-17-21(6-11-32-17)23(31)27-24-26-20(16-33-24)13-22(30)25-14-18-4-3-5-19(12-18)15-29-9-7-28(2)8-10-29/h3-6,11-12,16H,7-10,13-15H2,1-2H3,(H,25,30)(H,26,27,31). The van der Waals surface area contributed by atoms with Gasteiger partial charge in [0.1, 0.15) is 5.76 Å². The summed E-state index contributed by atoms with van der Waals surface area (Å²) in [5.74, 6) is 0.174. The highest BCUT2D eigenvalue weighted by Crippen LogP contribution is 2.18. The molecule has 33 heavy (non-hydrogen) atoms. The number of amides is 2. The van der Waals surface area contributed by atoms with E-state index in [1.807, 2.05) is 12.1 Å². The fourth-order valence-corrected chi connectivity index (χ4v) is 4.47. The number of anilines is 1. The van der Waals surface area contributed by atoms with Gasteiger partial charge in [0.25, 0.3) is 5.91 Å². The lowest BCUT2D eigenvalue weighted by Crippen LogP contribution is -2.43. The predicted molar refractivity (Wildman–Crippen MR) is 128 cm³/mol. The van der Waals surface area contributed by atoms with E-state index in [4.69, 9.17) is 4.42 Å². The first-order valence-corrected chi connectivity index (χ1v) is 11.9. The second-order valence-electron chi connectivity index (χ2n) is 8.34. The molecule has 3 heterocycles. The van der Waals surface area contributed by atoms with Crippen LogP contribution < -0.4 is 10.6 Å². The number of hydrogen-bond donors (Lipinski definition) is 2. The summed E-state index contributed by atoms with van der Waals surface area (Å²) in [6.07, 6.45) is 1.64. The summed E-state index contributed by atoms with van der Waals surface area (Å²) in [5.41, 5.74) is 3.44. The minimum atomic E-state index is -0.275. The molecule has 1 aliphatic heterocycles. The summed E-state index contributed by atoms with van der Waals surface area (Å²) >= 11 is 1.29. The number of carbonyl (C=O) groups excluding carboxylic acids is 2. The number of aromatic nitrogens is 1. The average Bonchev–Trinajstić information content (AvgIpc) is 3.43. The fourth-order valence-electron chi connectivity index (χ4n) is 3.76. The quantitative estimate of drug-likeness (QED) is 0.529. The number of nitrogens with one attached hydrogen (secondary N) is 2. The zero-order valence-electron chi connectivity index (χ0n) is 19.0. The van der Waals surface area contributed by atoms with E-state index in [2.05, 4.69) is 44.6 Å². The van der Waals surface area contributed by atoms with Gasteiger partial charge in [-0.15, -0.1) is 11.3 Å². The maximum absolute atomic E-state index is 12.4. The number of hydrogen-bond acceptors (Lipinski definition) is 7. The Kier molecular flexibility index (Phi) is 7.54. The van der Waals surface area contributed by atoms with Gasteiger partial charge >= 0.3 is 0 Å². The molecule has 0 saturated carbocycles. The van der Waals surface area contributed by atoms with Crippen LogP contribution in [0.4, 0.5) is 5.13 Å². The minimum absolute atomic E-state index is 0.103. The molecule has 0 aliphatic carbocycles. The molecule has 1 aromatic carbocycles. The van der Waals surface area contributed by atoms with Crippen LogP contribution in [-0.4, -0.2) is 59.8 Å². The zero-order chi connectivity index (χ0) is 23.2. The molecule has 8 nitrogen and oxygen atoms in total. The number of piperazine rings is 1. The van der Waals surface area contributed by atoms with Gasteiger partial charge in [-0.3, -0.25) is 19.8 Å². The maximum Gasteiger partial charge on any atom is 0.260 e. The largest absolute Gasteiger partial charge is 0.469 e. The van der Waals surface area contributed by atoms with Crippen molar-refractivity contribution in [2.75, 3.05) is 38.5 Å². The summed E-state index contributed by atoms with van der Waals surface area (Å²) in [5, 5.41) is 7.96. The van der Waals surface area contributed by atoms with Crippen LogP contribution in [0.5, 0.6) is 0 Å². The van der Waals surface area contributed by atoms with Crippen molar-refractivity contribution in [2.24, 2.45) is 0 Å². The van der Waals surface area contributed by atoms with Crippen LogP contribution in [0.15, 0.2) is 46.4 Å². The molecular formula is C24H29N5O3S. The van der Waals surface area contributed by atoms with Gasteiger partial charge in [0.05, 0.1) is 23.9 Å². The Morgan fingerprint density at radius 2 is 1.94 bits per heavy atom. The third kappa shape index (κ3) is 6.50. The van der Waals surface area contributed by atoms with Crippen molar-refractivity contribution in [3.8, 4) is 0 Å². The molecule has 4 rings (SSSR count). The summed E-state index contributed by atoms with van der Waals surface area (Å²) in [4.78, 5) is 33.9. The number of rotatable bonds is 8. The molecule has 2 aromatic heterocycles. The minimum Gasteiger partial charge on any atom is -0.469 e. The fraction of sp³-hybridized carbons (Fsp3) is 0.375. The number of nitrogens with zero attached hydrogens (tertiary/aromatic N) is 3. The summed E-state index contributed by atoms with van der Waals surface area (Å²) in [7, 11) is 2.16. The van der Waals surface area contributed by atoms with Crippen molar-refractivity contribution in [3.05, 3.63) is 70.1 Å². The average molecular weight is 468 g/mol. The molecule has 1 fully saturated rings. The molecule has 0 unspecified atom stereocenters. The molecule has 0 bridgehead atoms. The van der Waals surface area contributed by atoms with E-state index in [0.717, 1.165) is 38.3 Å². The van der Waals surface area contributed by atoms with Crippen LogP contribution >= 0.6 is 11.3 Å². The van der Waals surface area contributed by atoms with Gasteiger partial charge in [0.2, 0.25) is 5.91 Å². The monoisotopic (exact) mass is 467 g/mol. The van der Waals surface area contributed by atoms with E-state index in [1.165, 1.54) is 23.2 Å². The molecule has 1 aliphatic rings. The Labute approximate surface area is 197 Å². The van der Waals surface area contributed by atoms with E-state index >= 15 is 0 Å². The third-order valence-electron chi connectivity index (χ3n) is 5.70. The molecular weight excluding hydrogens is 438 g/mol. The topological polar surface area (TPSA) is 90.7 Å². The molecule has 2 amide bonds. The van der Waals surface area contributed by atoms with E-state index in [0.29, 0.717) is 28.7 Å². The second-order valence-corrected chi connectivity index (χ2v) is 9.20. The molecule has 0 spiro atoms. The van der Waals surface area contributed by atoms with Gasteiger partial charge in [0, 0.05) is 44.6 Å². The SMILES string of the molecule is Cc1occc1C(=O)Nc1nc(CC(=O)NCc2cccc(CN3CCN(C)CC3)c2)cs1. The highest BCUT2D eigenvalue weighted by Gasteiger charge is 2.15. The van der Waals surface area contributed by atoms with Crippen LogP contribution in [0.1, 0.15) is 32.9 Å². The molecule has 1 saturated heterocycles. The summed E-state index contributed by atoms with van der Waals surface area (Å²) < 4.78 is 5.16. The Morgan fingerprint density at radius 1 is 1.15 bits per heavy atom. The van der Waals surface area contributed by atoms with Crippen molar-refractivity contribution >= 4 is 28.3 Å². The number of carbonyl (C=O) groups is 2. The van der Waals surface area contributed by atoms with Gasteiger partial charge in [-0.1, -0.05) is 24.3 Å². The van der Waals surface area contributed by atoms with E-state index in [1.54, 1.807) is 18.4 Å². The van der Waals surface area contributed by atoms with Crippen LogP contribution in [0.25, 0.3) is 0 Å². The zero-order valence-corrected chi connectivity index (χ0v) is 19.8. The first-order chi connectivity index (χ1) is 16.0. The Balaban J connectivity index is 1.24. The summed E-state index contributed by atoms with van der Waals surface area (Å²) in [6, 6.07) is 9.99. The predicted octanol–water partition coefficient (Wildman–Crippen LogP) is 2.90. The van der Waals surface area contributed by atoms with Gasteiger partial charge in [-0.2, -0.15) is 0 Å². The van der Waals surface area contributed by atoms with Crippen LogP contribution in [0.3, 0.4) is 0 Å². The highest BCUT2D eigenvalue weighted by molar-refractivity contribution is 7.14. The Hall–Kier alpha value is -3.01. The first kappa shape index (κ1) is 23.2. The number of furan rings is 1. The third-order valence-corrected chi connectivity index (χ3v) is 6.51. The van der Waals surface area contributed by atoms with E-state index in [-0.39, 0.29) is 18.2 Å². The van der Waals surface area contributed by atoms with Crippen molar-refractivity contribution in [1.82, 2.24) is 20.1 Å². The van der Waals surface area contributed by atoms with E-state index < -0.39 is 0 Å². The lowest BCUT2D eigenvalue weighted by Gasteiger charge is -2.32. The van der Waals surface area contributed by atoms with Crippen molar-refractivity contribution in [2.45, 2.75) is 26.4 Å². The van der Waals surface area contributed by atoms with Crippen molar-refractivity contribution in [1.29, 1.82) is 0 Å². The Bertz CT molecular complexity index is 1100. The van der Waals surface area contributed by atoms with E-state index in [9.17, 15) is 9.59 Å². The highest BCUT2D eigenvalue weighted by atomic mass is 32.1. The summed E-state index contributed by atoms with van der Waals surface area (Å²) in [6.45, 7) is 7.49. The number of benzene rings is 1. The molecule has 2 N–H and O–H groups in total. The molecule has 0 atom stereocenters. The second kappa shape index (κ2) is 10.7. The maximum atomic E-state index is 12.4. The van der Waals surface area contributed by atoms with Gasteiger partial charge in [-0.25, -0.2) is 4.98 Å². The number of thiazole rings is 1. The molecule has 9 heteroatoms. The van der Waals surface area contributed by atoms with Gasteiger partial charge in [0.15, 0.2) is 5.13 Å². The smallest absolute Gasteiger partial charge is 0.260 e. The Morgan fingerprint density at radius 3 is 2.70 bits per heavy atom. The van der Waals surface area contributed by atoms with Crippen LogP contribution in [0.2, 0.25) is 0 Å². The van der Waals surface area contributed by atoms with Crippen molar-refractivity contribution < 1.29 is 14.0 Å². The normalized spacial score (nSPS) is 14.8. The van der Waals surface area contributed by atoms with Crippen LogP contribution in [0, 0.1) is 6.92 Å². The molecule has 3 aromatic rings. The molecule has 174 valence electrons. The van der Waals surface area contributed by atoms with Gasteiger partial charge < -0.3 is 14.6 Å². The molecule has 0 radical (unpaired) electrons. The van der Waals surface area contributed by atoms with Crippen molar-refractivity contribution in [3.63, 3.8) is 0 Å². The lowest BCUT2D eigenvalue weighted by molar-refractivity contribution is -0.120. The number of likely N-dealkylation sites (N-methyl/N-ethyl adjacent to an activating group) is 1.